The quantitative estimate of drug-likeness (QED) is 0.464. The second-order valence-electron chi connectivity index (χ2n) is 6.48. The first kappa shape index (κ1) is 16.6. The molecule has 5 rings (SSSR count). The van der Waals surface area contributed by atoms with E-state index in [0.717, 1.165) is 17.7 Å². The number of thiazole rings is 1. The molecule has 0 amide bonds. The molecule has 0 saturated carbocycles. The molecule has 1 aromatic carbocycles. The number of benzene rings is 1. The monoisotopic (exact) mass is 388 g/mol. The van der Waals surface area contributed by atoms with E-state index < -0.39 is 0 Å². The van der Waals surface area contributed by atoms with E-state index in [4.69, 9.17) is 0 Å². The number of fused-ring (bicyclic) bond motifs is 1. The fourth-order valence-electron chi connectivity index (χ4n) is 3.10. The molecule has 4 aromatic heterocycles. The minimum absolute atomic E-state index is 0.0733. The molecule has 0 unspecified atom stereocenters. The highest BCUT2D eigenvalue weighted by Crippen LogP contribution is 2.18. The van der Waals surface area contributed by atoms with Gasteiger partial charge in [-0.3, -0.25) is 18.6 Å². The maximum atomic E-state index is 12.1. The second-order valence-corrected chi connectivity index (χ2v) is 7.35. The van der Waals surface area contributed by atoms with Crippen LogP contribution in [0.4, 0.5) is 0 Å². The van der Waals surface area contributed by atoms with Crippen LogP contribution >= 0.6 is 11.3 Å². The van der Waals surface area contributed by atoms with Crippen molar-refractivity contribution in [2.45, 2.75) is 13.1 Å². The Hall–Kier alpha value is -3.52. The molecule has 8 heteroatoms. The lowest BCUT2D eigenvalue weighted by molar-refractivity contribution is 0.672. The van der Waals surface area contributed by atoms with Crippen LogP contribution in [-0.4, -0.2) is 28.9 Å². The normalized spacial score (nSPS) is 11.3. The van der Waals surface area contributed by atoms with Crippen LogP contribution in [0.5, 0.6) is 0 Å². The molecule has 0 radical (unpaired) electrons. The molecular formula is C20H16N6OS. The summed E-state index contributed by atoms with van der Waals surface area (Å²) in [5, 5.41) is 10.7. The van der Waals surface area contributed by atoms with Gasteiger partial charge in [0.1, 0.15) is 0 Å². The van der Waals surface area contributed by atoms with Crippen molar-refractivity contribution >= 4 is 16.3 Å². The average molecular weight is 388 g/mol. The smallest absolute Gasteiger partial charge is 0.258 e. The van der Waals surface area contributed by atoms with Crippen LogP contribution in [0, 0.1) is 0 Å². The van der Waals surface area contributed by atoms with Crippen LogP contribution < -0.4 is 5.56 Å². The molecule has 28 heavy (non-hydrogen) atoms. The van der Waals surface area contributed by atoms with E-state index in [1.807, 2.05) is 46.9 Å². The van der Waals surface area contributed by atoms with Crippen molar-refractivity contribution in [1.82, 2.24) is 28.9 Å². The fourth-order valence-corrected chi connectivity index (χ4v) is 3.84. The van der Waals surface area contributed by atoms with Crippen molar-refractivity contribution in [3.8, 4) is 11.1 Å². The molecule has 0 aliphatic rings. The Balaban J connectivity index is 1.35. The van der Waals surface area contributed by atoms with Crippen LogP contribution in [0.25, 0.3) is 16.1 Å². The summed E-state index contributed by atoms with van der Waals surface area (Å²) < 4.78 is 5.24. The van der Waals surface area contributed by atoms with Crippen molar-refractivity contribution in [2.24, 2.45) is 0 Å². The number of hydrogen-bond acceptors (Lipinski definition) is 5. The van der Waals surface area contributed by atoms with Crippen LogP contribution in [0.1, 0.15) is 11.3 Å². The summed E-state index contributed by atoms with van der Waals surface area (Å²) in [7, 11) is 0. The van der Waals surface area contributed by atoms with Gasteiger partial charge >= 0.3 is 0 Å². The predicted octanol–water partition coefficient (Wildman–Crippen LogP) is 2.91. The summed E-state index contributed by atoms with van der Waals surface area (Å²) in [6.45, 7) is 1.17. The van der Waals surface area contributed by atoms with Crippen LogP contribution in [0.3, 0.4) is 0 Å². The van der Waals surface area contributed by atoms with E-state index in [9.17, 15) is 4.79 Å². The van der Waals surface area contributed by atoms with Gasteiger partial charge < -0.3 is 0 Å². The first-order chi connectivity index (χ1) is 13.7. The van der Waals surface area contributed by atoms with Crippen LogP contribution in [-0.2, 0) is 13.1 Å². The molecule has 138 valence electrons. The molecule has 0 aliphatic carbocycles. The number of nitrogens with zero attached hydrogens (tertiary/aromatic N) is 6. The van der Waals surface area contributed by atoms with Crippen LogP contribution in [0.15, 0.2) is 77.6 Å². The lowest BCUT2D eigenvalue weighted by atomic mass is 10.2. The lowest BCUT2D eigenvalue weighted by Gasteiger charge is -2.01. The molecule has 7 nitrogen and oxygen atoms in total. The van der Waals surface area contributed by atoms with Gasteiger partial charge in [0.15, 0.2) is 4.96 Å². The zero-order valence-electron chi connectivity index (χ0n) is 14.8. The molecule has 0 spiro atoms. The maximum Gasteiger partial charge on any atom is 0.258 e. The van der Waals surface area contributed by atoms with Gasteiger partial charge in [-0.1, -0.05) is 30.3 Å². The minimum atomic E-state index is -0.0733. The molecule has 0 fully saturated rings. The molecule has 0 saturated heterocycles. The summed E-state index contributed by atoms with van der Waals surface area (Å²) in [6.07, 6.45) is 9.34. The third-order valence-corrected chi connectivity index (χ3v) is 5.22. The molecule has 0 aliphatic heterocycles. The first-order valence-corrected chi connectivity index (χ1v) is 9.67. The zero-order valence-corrected chi connectivity index (χ0v) is 15.7. The maximum absolute atomic E-state index is 12.1. The molecule has 0 N–H and O–H groups in total. The number of hydrogen-bond donors (Lipinski definition) is 0. The number of aromatic nitrogens is 6. The predicted molar refractivity (Wildman–Crippen MR) is 107 cm³/mol. The molecule has 0 bridgehead atoms. The van der Waals surface area contributed by atoms with Crippen molar-refractivity contribution in [2.75, 3.05) is 0 Å². The number of rotatable bonds is 5. The van der Waals surface area contributed by atoms with Gasteiger partial charge in [0, 0.05) is 41.2 Å². The van der Waals surface area contributed by atoms with Gasteiger partial charge in [0.2, 0.25) is 0 Å². The third kappa shape index (κ3) is 3.25. The Morgan fingerprint density at radius 2 is 1.64 bits per heavy atom. The first-order valence-electron chi connectivity index (χ1n) is 8.80. The lowest BCUT2D eigenvalue weighted by Crippen LogP contribution is -2.14. The SMILES string of the molecule is O=c1cc(Cn2cc(-c3cnn(Cc4ccccc4)c3)cn2)nc2sccn12. The van der Waals surface area contributed by atoms with Gasteiger partial charge in [-0.2, -0.15) is 10.2 Å². The highest BCUT2D eigenvalue weighted by atomic mass is 32.1. The molecule has 4 heterocycles. The van der Waals surface area contributed by atoms with Crippen molar-refractivity contribution in [3.63, 3.8) is 0 Å². The highest BCUT2D eigenvalue weighted by molar-refractivity contribution is 7.15. The Labute approximate surface area is 164 Å². The zero-order chi connectivity index (χ0) is 18.9. The average Bonchev–Trinajstić information content (AvgIpc) is 3.43. The fraction of sp³-hybridized carbons (Fsp3) is 0.100. The van der Waals surface area contributed by atoms with Gasteiger partial charge in [0.05, 0.1) is 31.2 Å². The summed E-state index contributed by atoms with van der Waals surface area (Å²) >= 11 is 1.44. The van der Waals surface area contributed by atoms with Gasteiger partial charge in [-0.25, -0.2) is 4.98 Å². The third-order valence-electron chi connectivity index (χ3n) is 4.47. The Morgan fingerprint density at radius 3 is 2.39 bits per heavy atom. The van der Waals surface area contributed by atoms with E-state index in [-0.39, 0.29) is 5.56 Å². The summed E-state index contributed by atoms with van der Waals surface area (Å²) in [6, 6.07) is 11.8. The van der Waals surface area contributed by atoms with E-state index in [0.29, 0.717) is 17.2 Å². The van der Waals surface area contributed by atoms with Gasteiger partial charge in [-0.15, -0.1) is 11.3 Å². The van der Waals surface area contributed by atoms with Crippen molar-refractivity contribution < 1.29 is 0 Å². The Morgan fingerprint density at radius 1 is 0.929 bits per heavy atom. The van der Waals surface area contributed by atoms with E-state index in [1.54, 1.807) is 27.5 Å². The van der Waals surface area contributed by atoms with Crippen molar-refractivity contribution in [3.05, 3.63) is 94.4 Å². The largest absolute Gasteiger partial charge is 0.269 e. The summed E-state index contributed by atoms with van der Waals surface area (Å²) in [5.41, 5.74) is 3.81. The van der Waals surface area contributed by atoms with E-state index in [1.165, 1.54) is 16.9 Å². The van der Waals surface area contributed by atoms with Crippen molar-refractivity contribution in [1.29, 1.82) is 0 Å². The highest BCUT2D eigenvalue weighted by Gasteiger charge is 2.08. The Kier molecular flexibility index (Phi) is 4.10. The molecular weight excluding hydrogens is 372 g/mol. The van der Waals surface area contributed by atoms with Crippen LogP contribution in [0.2, 0.25) is 0 Å². The molecule has 5 aromatic rings. The Bertz CT molecular complexity index is 1300. The van der Waals surface area contributed by atoms with Gasteiger partial charge in [-0.05, 0) is 5.56 Å². The molecule has 0 atom stereocenters. The minimum Gasteiger partial charge on any atom is -0.269 e. The summed E-state index contributed by atoms with van der Waals surface area (Å²) in [4.78, 5) is 17.3. The van der Waals surface area contributed by atoms with E-state index in [2.05, 4.69) is 27.3 Å². The van der Waals surface area contributed by atoms with Gasteiger partial charge in [0.25, 0.3) is 5.56 Å². The topological polar surface area (TPSA) is 70.0 Å². The summed E-state index contributed by atoms with van der Waals surface area (Å²) in [5.74, 6) is 0. The standard InChI is InChI=1S/C20H16N6OS/c27-19-8-18(23-20-26(19)6-7-28-20)14-25-13-17(10-22-25)16-9-21-24(12-16)11-15-4-2-1-3-5-15/h1-10,12-13H,11,14H2. The second kappa shape index (κ2) is 6.90. The van der Waals surface area contributed by atoms with E-state index >= 15 is 0 Å².